The molecule has 1 saturated carbocycles. The van der Waals surface area contributed by atoms with E-state index in [9.17, 15) is 9.59 Å². The van der Waals surface area contributed by atoms with Crippen LogP contribution in [-0.2, 0) is 4.79 Å². The van der Waals surface area contributed by atoms with Crippen LogP contribution in [0.5, 0.6) is 0 Å². The van der Waals surface area contributed by atoms with Gasteiger partial charge in [-0.15, -0.1) is 0 Å². The van der Waals surface area contributed by atoms with Crippen molar-refractivity contribution in [3.63, 3.8) is 0 Å². The Labute approximate surface area is 152 Å². The molecule has 1 unspecified atom stereocenters. The van der Waals surface area contributed by atoms with Crippen LogP contribution in [0.25, 0.3) is 0 Å². The maximum absolute atomic E-state index is 12.5. The molecule has 26 heavy (non-hydrogen) atoms. The smallest absolute Gasteiger partial charge is 0.256 e. The molecule has 1 saturated heterocycles. The lowest BCUT2D eigenvalue weighted by molar-refractivity contribution is -0.118. The SMILES string of the molecule is O=C(Nc1ccc(NC(=O)C2CC23CCNCC3)cn1)c1ccccc1. The van der Waals surface area contributed by atoms with Crippen molar-refractivity contribution >= 4 is 23.3 Å². The predicted octanol–water partition coefficient (Wildman–Crippen LogP) is 2.66. The van der Waals surface area contributed by atoms with Crippen molar-refractivity contribution < 1.29 is 9.59 Å². The minimum atomic E-state index is -0.208. The number of hydrogen-bond donors (Lipinski definition) is 3. The van der Waals surface area contributed by atoms with Crippen LogP contribution in [0.4, 0.5) is 11.5 Å². The summed E-state index contributed by atoms with van der Waals surface area (Å²) in [6, 6.07) is 12.4. The first-order valence-corrected chi connectivity index (χ1v) is 9.00. The highest BCUT2D eigenvalue weighted by Crippen LogP contribution is 2.58. The van der Waals surface area contributed by atoms with E-state index in [1.165, 1.54) is 0 Å². The summed E-state index contributed by atoms with van der Waals surface area (Å²) in [5.41, 5.74) is 1.45. The fraction of sp³-hybridized carbons (Fsp3) is 0.350. The van der Waals surface area contributed by atoms with Gasteiger partial charge in [0.2, 0.25) is 5.91 Å². The third-order valence-electron chi connectivity index (χ3n) is 5.41. The van der Waals surface area contributed by atoms with Gasteiger partial charge in [-0.2, -0.15) is 0 Å². The number of hydrogen-bond acceptors (Lipinski definition) is 4. The van der Waals surface area contributed by atoms with Gasteiger partial charge in [-0.05, 0) is 62.0 Å². The standard InChI is InChI=1S/C20H22N4O2/c25-18(14-4-2-1-3-5-14)24-17-7-6-15(13-22-17)23-19(26)16-12-20(16)8-10-21-11-9-20/h1-7,13,16,21H,8-12H2,(H,23,26)(H,22,24,25). The lowest BCUT2D eigenvalue weighted by Crippen LogP contribution is -2.31. The second-order valence-corrected chi connectivity index (χ2v) is 7.11. The zero-order chi connectivity index (χ0) is 18.0. The Kier molecular flexibility index (Phi) is 4.42. The molecule has 1 spiro atoms. The molecule has 1 atom stereocenters. The van der Waals surface area contributed by atoms with Crippen molar-refractivity contribution in [2.75, 3.05) is 23.7 Å². The van der Waals surface area contributed by atoms with E-state index in [-0.39, 0.29) is 23.1 Å². The van der Waals surface area contributed by atoms with E-state index < -0.39 is 0 Å². The number of pyridine rings is 1. The van der Waals surface area contributed by atoms with E-state index in [1.54, 1.807) is 30.5 Å². The Morgan fingerprint density at radius 3 is 2.50 bits per heavy atom. The number of carbonyl (C=O) groups excluding carboxylic acids is 2. The Morgan fingerprint density at radius 1 is 1.04 bits per heavy atom. The number of anilines is 2. The number of carbonyl (C=O) groups is 2. The molecule has 1 aromatic carbocycles. The Bertz CT molecular complexity index is 798. The van der Waals surface area contributed by atoms with Gasteiger partial charge in [0.15, 0.2) is 0 Å². The number of nitrogens with zero attached hydrogens (tertiary/aromatic N) is 1. The van der Waals surface area contributed by atoms with Gasteiger partial charge in [0.05, 0.1) is 11.9 Å². The topological polar surface area (TPSA) is 83.1 Å². The summed E-state index contributed by atoms with van der Waals surface area (Å²) >= 11 is 0. The highest BCUT2D eigenvalue weighted by molar-refractivity contribution is 6.03. The lowest BCUT2D eigenvalue weighted by Gasteiger charge is -2.23. The van der Waals surface area contributed by atoms with Crippen LogP contribution in [0.15, 0.2) is 48.7 Å². The molecule has 134 valence electrons. The third-order valence-corrected chi connectivity index (χ3v) is 5.41. The van der Waals surface area contributed by atoms with Crippen LogP contribution in [0.2, 0.25) is 0 Å². The second kappa shape index (κ2) is 6.88. The molecular weight excluding hydrogens is 328 g/mol. The van der Waals surface area contributed by atoms with Crippen molar-refractivity contribution in [1.82, 2.24) is 10.3 Å². The molecule has 1 aromatic heterocycles. The first-order chi connectivity index (χ1) is 12.7. The molecular formula is C20H22N4O2. The maximum Gasteiger partial charge on any atom is 0.256 e. The zero-order valence-corrected chi connectivity index (χ0v) is 14.5. The monoisotopic (exact) mass is 350 g/mol. The molecule has 0 radical (unpaired) electrons. The van der Waals surface area contributed by atoms with Gasteiger partial charge in [-0.1, -0.05) is 18.2 Å². The fourth-order valence-corrected chi connectivity index (χ4v) is 3.74. The van der Waals surface area contributed by atoms with E-state index in [4.69, 9.17) is 0 Å². The van der Waals surface area contributed by atoms with Crippen molar-refractivity contribution in [2.24, 2.45) is 11.3 Å². The van der Waals surface area contributed by atoms with Crippen LogP contribution in [0, 0.1) is 11.3 Å². The van der Waals surface area contributed by atoms with Crippen LogP contribution >= 0.6 is 0 Å². The highest BCUT2D eigenvalue weighted by Gasteiger charge is 2.57. The van der Waals surface area contributed by atoms with Gasteiger partial charge in [-0.3, -0.25) is 9.59 Å². The minimum absolute atomic E-state index is 0.0785. The van der Waals surface area contributed by atoms with Crippen molar-refractivity contribution in [1.29, 1.82) is 0 Å². The highest BCUT2D eigenvalue weighted by atomic mass is 16.2. The first-order valence-electron chi connectivity index (χ1n) is 9.00. The first kappa shape index (κ1) is 16.7. The minimum Gasteiger partial charge on any atom is -0.324 e. The van der Waals surface area contributed by atoms with Crippen LogP contribution in [-0.4, -0.2) is 29.9 Å². The molecule has 0 bridgehead atoms. The summed E-state index contributed by atoms with van der Waals surface area (Å²) in [5, 5.41) is 9.05. The Balaban J connectivity index is 1.33. The normalized spacial score (nSPS) is 20.4. The summed E-state index contributed by atoms with van der Waals surface area (Å²) in [7, 11) is 0. The maximum atomic E-state index is 12.5. The van der Waals surface area contributed by atoms with Gasteiger partial charge in [0.25, 0.3) is 5.91 Å². The van der Waals surface area contributed by atoms with E-state index in [0.717, 1.165) is 32.4 Å². The van der Waals surface area contributed by atoms with Gasteiger partial charge in [-0.25, -0.2) is 4.98 Å². The van der Waals surface area contributed by atoms with E-state index in [2.05, 4.69) is 20.9 Å². The van der Waals surface area contributed by atoms with E-state index in [1.807, 2.05) is 18.2 Å². The molecule has 2 aliphatic rings. The van der Waals surface area contributed by atoms with E-state index >= 15 is 0 Å². The number of nitrogens with one attached hydrogen (secondary N) is 3. The molecule has 4 rings (SSSR count). The van der Waals surface area contributed by atoms with E-state index in [0.29, 0.717) is 17.1 Å². The number of amides is 2. The van der Waals surface area contributed by atoms with Crippen LogP contribution < -0.4 is 16.0 Å². The predicted molar refractivity (Wildman–Crippen MR) is 99.9 cm³/mol. The lowest BCUT2D eigenvalue weighted by atomic mass is 9.92. The van der Waals surface area contributed by atoms with Gasteiger partial charge >= 0.3 is 0 Å². The summed E-state index contributed by atoms with van der Waals surface area (Å²) < 4.78 is 0. The molecule has 6 heteroatoms. The van der Waals surface area contributed by atoms with Gasteiger partial charge in [0.1, 0.15) is 5.82 Å². The average molecular weight is 350 g/mol. The fourth-order valence-electron chi connectivity index (χ4n) is 3.74. The van der Waals surface area contributed by atoms with Crippen LogP contribution in [0.1, 0.15) is 29.6 Å². The number of benzene rings is 1. The molecule has 2 fully saturated rings. The van der Waals surface area contributed by atoms with Crippen LogP contribution in [0.3, 0.4) is 0 Å². The summed E-state index contributed by atoms with van der Waals surface area (Å²) in [6.07, 6.45) is 4.72. The van der Waals surface area contributed by atoms with Gasteiger partial charge < -0.3 is 16.0 Å². The molecule has 1 aliphatic heterocycles. The summed E-state index contributed by atoms with van der Waals surface area (Å²) in [5.74, 6) is 0.440. The molecule has 1 aliphatic carbocycles. The van der Waals surface area contributed by atoms with Crippen molar-refractivity contribution in [3.8, 4) is 0 Å². The molecule has 2 aromatic rings. The second-order valence-electron chi connectivity index (χ2n) is 7.11. The average Bonchev–Trinajstić information content (AvgIpc) is 3.37. The van der Waals surface area contributed by atoms with Crippen molar-refractivity contribution in [2.45, 2.75) is 19.3 Å². The quantitative estimate of drug-likeness (QED) is 0.792. The molecule has 2 amide bonds. The molecule has 2 heterocycles. The zero-order valence-electron chi connectivity index (χ0n) is 14.5. The third kappa shape index (κ3) is 3.46. The number of rotatable bonds is 4. The summed E-state index contributed by atoms with van der Waals surface area (Å²) in [6.45, 7) is 2.00. The largest absolute Gasteiger partial charge is 0.324 e. The Morgan fingerprint density at radius 2 is 1.81 bits per heavy atom. The number of aromatic nitrogens is 1. The van der Waals surface area contributed by atoms with Gasteiger partial charge in [0, 0.05) is 11.5 Å². The Hall–Kier alpha value is -2.73. The van der Waals surface area contributed by atoms with Crippen molar-refractivity contribution in [3.05, 3.63) is 54.2 Å². The molecule has 3 N–H and O–H groups in total. The summed E-state index contributed by atoms with van der Waals surface area (Å²) in [4.78, 5) is 28.8. The number of piperidine rings is 1. The molecule has 6 nitrogen and oxygen atoms in total.